The zero-order valence-electron chi connectivity index (χ0n) is 18.5. The van der Waals surface area contributed by atoms with Crippen LogP contribution in [0.25, 0.3) is 16.8 Å². The first-order valence-electron chi connectivity index (χ1n) is 10.7. The molecule has 0 aliphatic heterocycles. The van der Waals surface area contributed by atoms with E-state index in [0.29, 0.717) is 18.7 Å². The van der Waals surface area contributed by atoms with Crippen molar-refractivity contribution in [3.05, 3.63) is 42.8 Å². The van der Waals surface area contributed by atoms with Gasteiger partial charge >= 0.3 is 0 Å². The zero-order valence-corrected chi connectivity index (χ0v) is 18.5. The molecule has 1 amide bonds. The van der Waals surface area contributed by atoms with Crippen molar-refractivity contribution in [1.29, 1.82) is 0 Å². The molecule has 0 radical (unpaired) electrons. The number of aryl methyl sites for hydroxylation is 1. The molecule has 9 nitrogen and oxygen atoms in total. The fourth-order valence-corrected chi connectivity index (χ4v) is 3.88. The number of nitrogens with one attached hydrogen (secondary N) is 1. The van der Waals surface area contributed by atoms with Crippen LogP contribution in [0.1, 0.15) is 25.7 Å². The normalized spacial score (nSPS) is 19.2. The van der Waals surface area contributed by atoms with Gasteiger partial charge in [-0.25, -0.2) is 13.9 Å². The van der Waals surface area contributed by atoms with Crippen molar-refractivity contribution in [3.8, 4) is 17.1 Å². The van der Waals surface area contributed by atoms with Gasteiger partial charge in [-0.3, -0.25) is 9.48 Å². The van der Waals surface area contributed by atoms with Gasteiger partial charge in [-0.2, -0.15) is 10.2 Å². The Bertz CT molecular complexity index is 1120. The number of hydrogen-bond donors (Lipinski definition) is 1. The van der Waals surface area contributed by atoms with Crippen LogP contribution in [0.3, 0.4) is 0 Å². The van der Waals surface area contributed by atoms with Gasteiger partial charge in [0.2, 0.25) is 11.8 Å². The molecule has 1 N–H and O–H groups in total. The molecule has 3 aromatic heterocycles. The van der Waals surface area contributed by atoms with E-state index >= 15 is 0 Å². The van der Waals surface area contributed by atoms with E-state index in [9.17, 15) is 9.18 Å². The fourth-order valence-electron chi connectivity index (χ4n) is 3.88. The molecular formula is C22H28FN7O2. The summed E-state index contributed by atoms with van der Waals surface area (Å²) >= 11 is 0. The Hall–Kier alpha value is -3.27. The molecule has 0 spiro atoms. The van der Waals surface area contributed by atoms with Crippen molar-refractivity contribution in [1.82, 2.24) is 34.6 Å². The first kappa shape index (κ1) is 21.9. The van der Waals surface area contributed by atoms with Crippen LogP contribution >= 0.6 is 0 Å². The summed E-state index contributed by atoms with van der Waals surface area (Å²) in [5.41, 5.74) is 1.58. The van der Waals surface area contributed by atoms with E-state index in [0.717, 1.165) is 31.0 Å². The second-order valence-electron chi connectivity index (χ2n) is 8.40. The number of likely N-dealkylation sites (N-methyl/N-ethyl adjacent to an activating group) is 1. The van der Waals surface area contributed by atoms with Gasteiger partial charge in [0, 0.05) is 43.9 Å². The molecule has 1 aliphatic rings. The highest BCUT2D eigenvalue weighted by atomic mass is 19.1. The standard InChI is InChI=1S/C22H28FN7O2/c1-28(2)9-5-8-20(31)26-16-6-4-7-17(10-16)32-22-21-18(23)12-25-30(21)14-19(27-22)15-11-24-29(3)13-15/h5,8,11-14,16-17H,4,6-7,9-10H2,1-3H3,(H,26,31)/t16-,17+/m0/s1. The highest BCUT2D eigenvalue weighted by Gasteiger charge is 2.26. The molecular weight excluding hydrogens is 413 g/mol. The van der Waals surface area contributed by atoms with E-state index in [1.165, 1.54) is 4.52 Å². The van der Waals surface area contributed by atoms with Crippen LogP contribution in [-0.4, -0.2) is 68.0 Å². The monoisotopic (exact) mass is 441 g/mol. The van der Waals surface area contributed by atoms with Crippen molar-refractivity contribution >= 4 is 11.4 Å². The second-order valence-corrected chi connectivity index (χ2v) is 8.40. The molecule has 32 heavy (non-hydrogen) atoms. The van der Waals surface area contributed by atoms with Crippen molar-refractivity contribution in [3.63, 3.8) is 0 Å². The quantitative estimate of drug-likeness (QED) is 0.566. The molecule has 10 heteroatoms. The first-order chi connectivity index (χ1) is 15.4. The molecule has 2 atom stereocenters. The predicted molar refractivity (Wildman–Crippen MR) is 118 cm³/mol. The Balaban J connectivity index is 1.49. The van der Waals surface area contributed by atoms with Gasteiger partial charge in [0.15, 0.2) is 11.3 Å². The summed E-state index contributed by atoms with van der Waals surface area (Å²) in [6, 6.07) is -0.00228. The maximum atomic E-state index is 14.4. The minimum atomic E-state index is -0.489. The van der Waals surface area contributed by atoms with Gasteiger partial charge in [-0.05, 0) is 33.4 Å². The van der Waals surface area contributed by atoms with Crippen molar-refractivity contribution in [2.24, 2.45) is 7.05 Å². The summed E-state index contributed by atoms with van der Waals surface area (Å²) < 4.78 is 23.7. The Morgan fingerprint density at radius 2 is 2.16 bits per heavy atom. The summed E-state index contributed by atoms with van der Waals surface area (Å²) in [6.45, 7) is 0.704. The van der Waals surface area contributed by atoms with Crippen LogP contribution in [0.15, 0.2) is 36.9 Å². The van der Waals surface area contributed by atoms with Gasteiger partial charge in [0.05, 0.1) is 24.3 Å². The van der Waals surface area contributed by atoms with Crippen LogP contribution in [0, 0.1) is 5.82 Å². The maximum Gasteiger partial charge on any atom is 0.244 e. The third-order valence-electron chi connectivity index (χ3n) is 5.41. The summed E-state index contributed by atoms with van der Waals surface area (Å²) in [4.78, 5) is 18.8. The van der Waals surface area contributed by atoms with Crippen LogP contribution in [0.2, 0.25) is 0 Å². The topological polar surface area (TPSA) is 89.6 Å². The van der Waals surface area contributed by atoms with Gasteiger partial charge in [-0.1, -0.05) is 6.08 Å². The summed E-state index contributed by atoms with van der Waals surface area (Å²) in [5, 5.41) is 11.3. The first-order valence-corrected chi connectivity index (χ1v) is 10.7. The SMILES string of the molecule is CN(C)CC=CC(=O)N[C@H]1CCC[C@@H](Oc2nc(-c3cnn(C)c3)cn3ncc(F)c23)C1. The molecule has 3 aromatic rings. The van der Waals surface area contributed by atoms with Crippen molar-refractivity contribution in [2.45, 2.75) is 37.8 Å². The van der Waals surface area contributed by atoms with E-state index < -0.39 is 5.82 Å². The smallest absolute Gasteiger partial charge is 0.244 e. The van der Waals surface area contributed by atoms with Crippen LogP contribution in [-0.2, 0) is 11.8 Å². The summed E-state index contributed by atoms with van der Waals surface area (Å²) in [5.74, 6) is -0.403. The van der Waals surface area contributed by atoms with Gasteiger partial charge < -0.3 is 15.0 Å². The fraction of sp³-hybridized carbons (Fsp3) is 0.455. The molecule has 1 aliphatic carbocycles. The average molecular weight is 442 g/mol. The average Bonchev–Trinajstić information content (AvgIpc) is 3.34. The van der Waals surface area contributed by atoms with Crippen molar-refractivity contribution < 1.29 is 13.9 Å². The lowest BCUT2D eigenvalue weighted by Gasteiger charge is -2.29. The van der Waals surface area contributed by atoms with Crippen LogP contribution in [0.5, 0.6) is 5.88 Å². The van der Waals surface area contributed by atoms with E-state index in [-0.39, 0.29) is 29.4 Å². The number of amides is 1. The van der Waals surface area contributed by atoms with E-state index in [4.69, 9.17) is 4.74 Å². The van der Waals surface area contributed by atoms with E-state index in [2.05, 4.69) is 20.5 Å². The molecule has 1 fully saturated rings. The molecule has 170 valence electrons. The number of rotatable bonds is 7. The molecule has 0 unspecified atom stereocenters. The Morgan fingerprint density at radius 3 is 2.91 bits per heavy atom. The highest BCUT2D eigenvalue weighted by Crippen LogP contribution is 2.29. The second kappa shape index (κ2) is 9.47. The van der Waals surface area contributed by atoms with Gasteiger partial charge in [0.25, 0.3) is 0 Å². The molecule has 0 saturated heterocycles. The molecule has 4 rings (SSSR count). The number of hydrogen-bond acceptors (Lipinski definition) is 6. The number of nitrogens with zero attached hydrogens (tertiary/aromatic N) is 6. The van der Waals surface area contributed by atoms with E-state index in [1.54, 1.807) is 23.2 Å². The lowest BCUT2D eigenvalue weighted by atomic mass is 9.93. The highest BCUT2D eigenvalue weighted by molar-refractivity contribution is 5.87. The van der Waals surface area contributed by atoms with Crippen molar-refractivity contribution in [2.75, 3.05) is 20.6 Å². The molecule has 0 bridgehead atoms. The lowest BCUT2D eigenvalue weighted by molar-refractivity contribution is -0.117. The number of halogens is 1. The minimum absolute atomic E-state index is 0.00228. The Morgan fingerprint density at radius 1 is 1.31 bits per heavy atom. The summed E-state index contributed by atoms with van der Waals surface area (Å²) in [7, 11) is 5.71. The van der Waals surface area contributed by atoms with Gasteiger partial charge in [-0.15, -0.1) is 0 Å². The third-order valence-corrected chi connectivity index (χ3v) is 5.41. The predicted octanol–water partition coefficient (Wildman–Crippen LogP) is 2.19. The molecule has 3 heterocycles. The largest absolute Gasteiger partial charge is 0.473 e. The zero-order chi connectivity index (χ0) is 22.7. The Labute approximate surface area is 185 Å². The number of carbonyl (C=O) groups excluding carboxylic acids is 1. The summed E-state index contributed by atoms with van der Waals surface area (Å²) in [6.07, 6.45) is 12.8. The minimum Gasteiger partial charge on any atom is -0.473 e. The number of carbonyl (C=O) groups is 1. The number of aromatic nitrogens is 5. The number of ether oxygens (including phenoxy) is 1. The van der Waals surface area contributed by atoms with Crippen LogP contribution in [0.4, 0.5) is 4.39 Å². The van der Waals surface area contributed by atoms with Crippen LogP contribution < -0.4 is 10.1 Å². The van der Waals surface area contributed by atoms with Gasteiger partial charge in [0.1, 0.15) is 6.10 Å². The van der Waals surface area contributed by atoms with E-state index in [1.807, 2.05) is 38.3 Å². The lowest BCUT2D eigenvalue weighted by Crippen LogP contribution is -2.40. The molecule has 0 aromatic carbocycles. The number of fused-ring (bicyclic) bond motifs is 1. The maximum absolute atomic E-state index is 14.4. The molecule has 1 saturated carbocycles. The third kappa shape index (κ3) is 5.13. The Kier molecular flexibility index (Phi) is 6.50.